The van der Waals surface area contributed by atoms with E-state index in [1.54, 1.807) is 35.1 Å². The van der Waals surface area contributed by atoms with E-state index < -0.39 is 0 Å². The Balaban J connectivity index is 1.24. The lowest BCUT2D eigenvalue weighted by Gasteiger charge is -2.34. The van der Waals surface area contributed by atoms with Gasteiger partial charge in [-0.05, 0) is 55.3 Å². The van der Waals surface area contributed by atoms with Gasteiger partial charge in [0, 0.05) is 55.6 Å². The lowest BCUT2D eigenvalue weighted by Crippen LogP contribution is -2.53. The van der Waals surface area contributed by atoms with Crippen LogP contribution in [0.15, 0.2) is 65.7 Å². The van der Waals surface area contributed by atoms with Crippen molar-refractivity contribution in [2.45, 2.75) is 18.2 Å². The smallest absolute Gasteiger partial charge is 0.317 e. The van der Waals surface area contributed by atoms with Crippen molar-refractivity contribution < 1.29 is 19.1 Å². The summed E-state index contributed by atoms with van der Waals surface area (Å²) in [6.45, 7) is 4.07. The van der Waals surface area contributed by atoms with Crippen LogP contribution in [-0.4, -0.2) is 72.0 Å². The van der Waals surface area contributed by atoms with E-state index in [9.17, 15) is 14.4 Å². The number of para-hydroxylation sites is 1. The first-order chi connectivity index (χ1) is 17.5. The zero-order chi connectivity index (χ0) is 25.3. The maximum atomic E-state index is 12.9. The van der Waals surface area contributed by atoms with Gasteiger partial charge in [0.05, 0.1) is 23.4 Å². The first-order valence-electron chi connectivity index (χ1n) is 11.9. The molecule has 0 unspecified atom stereocenters. The van der Waals surface area contributed by atoms with Crippen molar-refractivity contribution in [1.82, 2.24) is 20.1 Å². The lowest BCUT2D eigenvalue weighted by molar-refractivity contribution is -0.142. The Bertz CT molecular complexity index is 1210. The van der Waals surface area contributed by atoms with Crippen LogP contribution in [0.4, 0.5) is 10.5 Å². The van der Waals surface area contributed by atoms with E-state index in [2.05, 4.69) is 15.0 Å². The molecule has 0 radical (unpaired) electrons. The van der Waals surface area contributed by atoms with Crippen LogP contribution in [0.2, 0.25) is 0 Å². The van der Waals surface area contributed by atoms with Crippen LogP contribution in [0.25, 0.3) is 10.9 Å². The number of pyridine rings is 1. The summed E-state index contributed by atoms with van der Waals surface area (Å²) in [5, 5.41) is 3.81. The first-order valence-corrected chi connectivity index (χ1v) is 12.7. The summed E-state index contributed by atoms with van der Waals surface area (Å²) in [5.41, 5.74) is 2.43. The first kappa shape index (κ1) is 25.3. The number of ether oxygens (including phenoxy) is 1. The minimum absolute atomic E-state index is 0.0603. The van der Waals surface area contributed by atoms with Gasteiger partial charge in [0.15, 0.2) is 0 Å². The fourth-order valence-corrected chi connectivity index (χ4v) is 4.64. The highest BCUT2D eigenvalue weighted by Crippen LogP contribution is 2.27. The summed E-state index contributed by atoms with van der Waals surface area (Å²) >= 11 is 1.48. The van der Waals surface area contributed by atoms with Crippen LogP contribution in [0.3, 0.4) is 0 Å². The molecule has 0 aliphatic carbocycles. The predicted molar refractivity (Wildman–Crippen MR) is 140 cm³/mol. The molecule has 1 aliphatic heterocycles. The van der Waals surface area contributed by atoms with Gasteiger partial charge in [-0.25, -0.2) is 4.79 Å². The zero-order valence-corrected chi connectivity index (χ0v) is 20.9. The SMILES string of the molecule is CCOC(=O)CCNC(=O)N1CCN(C(=O)c2ccc(NSc3cccc4cccnc34)cc2)CC1. The molecule has 0 spiro atoms. The number of hydrogen-bond donors (Lipinski definition) is 2. The van der Waals surface area contributed by atoms with Crippen molar-refractivity contribution >= 4 is 46.4 Å². The van der Waals surface area contributed by atoms with Gasteiger partial charge in [0.2, 0.25) is 0 Å². The number of benzene rings is 2. The Hall–Kier alpha value is -3.79. The van der Waals surface area contributed by atoms with Gasteiger partial charge in [-0.2, -0.15) is 0 Å². The number of fused-ring (bicyclic) bond motifs is 1. The molecule has 1 aliphatic rings. The number of esters is 1. The topological polar surface area (TPSA) is 104 Å². The van der Waals surface area contributed by atoms with Gasteiger partial charge in [0.25, 0.3) is 5.91 Å². The molecule has 0 bridgehead atoms. The second kappa shape index (κ2) is 12.3. The maximum absolute atomic E-state index is 12.9. The van der Waals surface area contributed by atoms with Crippen LogP contribution in [0.5, 0.6) is 0 Å². The van der Waals surface area contributed by atoms with E-state index in [1.165, 1.54) is 11.9 Å². The number of nitrogens with zero attached hydrogens (tertiary/aromatic N) is 3. The molecule has 2 heterocycles. The van der Waals surface area contributed by atoms with Crippen LogP contribution in [-0.2, 0) is 9.53 Å². The van der Waals surface area contributed by atoms with Crippen molar-refractivity contribution in [3.05, 3.63) is 66.4 Å². The number of hydrogen-bond acceptors (Lipinski definition) is 7. The molecule has 3 aromatic rings. The fraction of sp³-hybridized carbons (Fsp3) is 0.308. The molecule has 0 atom stereocenters. The third-order valence-electron chi connectivity index (χ3n) is 5.77. The Morgan fingerprint density at radius 1 is 0.972 bits per heavy atom. The minimum Gasteiger partial charge on any atom is -0.466 e. The average Bonchev–Trinajstić information content (AvgIpc) is 2.92. The molecule has 2 aromatic carbocycles. The molecule has 9 nitrogen and oxygen atoms in total. The Morgan fingerprint density at radius 2 is 1.69 bits per heavy atom. The monoisotopic (exact) mass is 507 g/mol. The molecule has 1 saturated heterocycles. The van der Waals surface area contributed by atoms with Gasteiger partial charge < -0.3 is 24.6 Å². The molecule has 188 valence electrons. The second-order valence-electron chi connectivity index (χ2n) is 8.18. The van der Waals surface area contributed by atoms with Crippen molar-refractivity contribution in [1.29, 1.82) is 0 Å². The lowest BCUT2D eigenvalue weighted by atomic mass is 10.1. The second-order valence-corrected chi connectivity index (χ2v) is 9.03. The molecule has 10 heteroatoms. The molecule has 1 fully saturated rings. The summed E-state index contributed by atoms with van der Waals surface area (Å²) in [4.78, 5) is 45.5. The highest BCUT2D eigenvalue weighted by Gasteiger charge is 2.24. The van der Waals surface area contributed by atoms with E-state index in [1.807, 2.05) is 42.5 Å². The summed E-state index contributed by atoms with van der Waals surface area (Å²) in [5.74, 6) is -0.395. The predicted octanol–water partition coefficient (Wildman–Crippen LogP) is 3.77. The Labute approximate surface area is 214 Å². The highest BCUT2D eigenvalue weighted by atomic mass is 32.2. The van der Waals surface area contributed by atoms with Gasteiger partial charge in [0.1, 0.15) is 0 Å². The van der Waals surface area contributed by atoms with E-state index >= 15 is 0 Å². The molecule has 0 saturated carbocycles. The van der Waals surface area contributed by atoms with E-state index in [-0.39, 0.29) is 30.9 Å². The number of carbonyl (C=O) groups is 3. The van der Waals surface area contributed by atoms with Crippen LogP contribution >= 0.6 is 11.9 Å². The van der Waals surface area contributed by atoms with E-state index in [4.69, 9.17) is 4.74 Å². The van der Waals surface area contributed by atoms with Crippen LogP contribution < -0.4 is 10.0 Å². The van der Waals surface area contributed by atoms with Gasteiger partial charge >= 0.3 is 12.0 Å². The molecule has 36 heavy (non-hydrogen) atoms. The molecular weight excluding hydrogens is 478 g/mol. The third kappa shape index (κ3) is 6.45. The van der Waals surface area contributed by atoms with Gasteiger partial charge in [-0.3, -0.25) is 14.6 Å². The molecular formula is C26H29N5O4S. The van der Waals surface area contributed by atoms with Crippen molar-refractivity contribution in [2.24, 2.45) is 0 Å². The number of piperazine rings is 1. The maximum Gasteiger partial charge on any atom is 0.317 e. The van der Waals surface area contributed by atoms with Crippen molar-refractivity contribution in [3.63, 3.8) is 0 Å². The number of rotatable bonds is 8. The number of aromatic nitrogens is 1. The number of urea groups is 1. The number of anilines is 1. The molecule has 2 N–H and O–H groups in total. The van der Waals surface area contributed by atoms with E-state index in [0.717, 1.165) is 21.5 Å². The van der Waals surface area contributed by atoms with Crippen LogP contribution in [0.1, 0.15) is 23.7 Å². The Morgan fingerprint density at radius 3 is 2.44 bits per heavy atom. The summed E-state index contributed by atoms with van der Waals surface area (Å²) in [7, 11) is 0. The van der Waals surface area contributed by atoms with Crippen molar-refractivity contribution in [3.8, 4) is 0 Å². The molecule has 4 rings (SSSR count). The van der Waals surface area contributed by atoms with Crippen LogP contribution in [0, 0.1) is 0 Å². The highest BCUT2D eigenvalue weighted by molar-refractivity contribution is 8.00. The Kier molecular flexibility index (Phi) is 8.62. The number of carbonyl (C=O) groups excluding carboxylic acids is 3. The zero-order valence-electron chi connectivity index (χ0n) is 20.1. The summed E-state index contributed by atoms with van der Waals surface area (Å²) in [6.07, 6.45) is 1.92. The van der Waals surface area contributed by atoms with Gasteiger partial charge in [-0.15, -0.1) is 0 Å². The molecule has 3 amide bonds. The number of nitrogens with one attached hydrogen (secondary N) is 2. The quantitative estimate of drug-likeness (QED) is 0.353. The van der Waals surface area contributed by atoms with E-state index in [0.29, 0.717) is 38.3 Å². The molecule has 1 aromatic heterocycles. The standard InChI is InChI=1S/C26H29N5O4S/c1-2-35-23(32)12-14-28-26(34)31-17-15-30(16-18-31)25(33)20-8-10-21(11-9-20)29-36-22-7-3-5-19-6-4-13-27-24(19)22/h3-11,13,29H,2,12,14-18H2,1H3,(H,28,34). The van der Waals surface area contributed by atoms with Crippen molar-refractivity contribution in [2.75, 3.05) is 44.1 Å². The van der Waals surface area contributed by atoms with Gasteiger partial charge in [-0.1, -0.05) is 18.2 Å². The third-order valence-corrected chi connectivity index (χ3v) is 6.66. The fourth-order valence-electron chi connectivity index (χ4n) is 3.86. The average molecular weight is 508 g/mol. The summed E-state index contributed by atoms with van der Waals surface area (Å²) < 4.78 is 8.17. The normalized spacial score (nSPS) is 13.4. The summed E-state index contributed by atoms with van der Waals surface area (Å²) in [6, 6.07) is 17.1. The largest absolute Gasteiger partial charge is 0.466 e. The number of amides is 3. The minimum atomic E-state index is -0.335.